The third-order valence-electron chi connectivity index (χ3n) is 3.02. The molecule has 0 atom stereocenters. The molecule has 1 aromatic heterocycles. The maximum Gasteiger partial charge on any atom is 0.266 e. The number of rotatable bonds is 1. The summed E-state index contributed by atoms with van der Waals surface area (Å²) >= 11 is 8.32. The predicted octanol–water partition coefficient (Wildman–Crippen LogP) is 4.09. The van der Waals surface area contributed by atoms with E-state index >= 15 is 0 Å². The molecule has 0 amide bonds. The molecule has 7 heteroatoms. The van der Waals surface area contributed by atoms with Crippen molar-refractivity contribution < 1.29 is 8.78 Å². The van der Waals surface area contributed by atoms with Crippen molar-refractivity contribution in [2.45, 2.75) is 0 Å². The lowest BCUT2D eigenvalue weighted by Gasteiger charge is -2.10. The van der Waals surface area contributed by atoms with Gasteiger partial charge in [-0.05, 0) is 42.5 Å². The van der Waals surface area contributed by atoms with Crippen LogP contribution in [0.15, 0.2) is 45.7 Å². The van der Waals surface area contributed by atoms with Gasteiger partial charge >= 0.3 is 0 Å². The van der Waals surface area contributed by atoms with Crippen LogP contribution in [0.4, 0.5) is 8.78 Å². The van der Waals surface area contributed by atoms with Crippen LogP contribution in [0, 0.1) is 16.4 Å². The van der Waals surface area contributed by atoms with Gasteiger partial charge in [-0.2, -0.15) is 0 Å². The van der Waals surface area contributed by atoms with Crippen LogP contribution in [0.5, 0.6) is 0 Å². The minimum atomic E-state index is -0.856. The number of hydrogen-bond donors (Lipinski definition) is 1. The molecule has 0 saturated carbocycles. The van der Waals surface area contributed by atoms with Gasteiger partial charge in [-0.1, -0.05) is 22.0 Å². The zero-order valence-corrected chi connectivity index (χ0v) is 12.8. The lowest BCUT2D eigenvalue weighted by Crippen LogP contribution is -2.22. The summed E-state index contributed by atoms with van der Waals surface area (Å²) in [4.78, 5) is 15.3. The molecule has 3 nitrogen and oxygen atoms in total. The number of aromatic amines is 1. The Bertz CT molecular complexity index is 961. The summed E-state index contributed by atoms with van der Waals surface area (Å²) in [6.45, 7) is 0. The third-order valence-corrected chi connectivity index (χ3v) is 3.80. The van der Waals surface area contributed by atoms with Crippen LogP contribution in [0.1, 0.15) is 0 Å². The molecule has 0 saturated heterocycles. The van der Waals surface area contributed by atoms with Crippen LogP contribution >= 0.6 is 28.1 Å². The smallest absolute Gasteiger partial charge is 0.266 e. The molecule has 21 heavy (non-hydrogen) atoms. The van der Waals surface area contributed by atoms with Crippen molar-refractivity contribution in [3.05, 3.63) is 67.6 Å². The van der Waals surface area contributed by atoms with Gasteiger partial charge < -0.3 is 4.98 Å². The van der Waals surface area contributed by atoms with Crippen molar-refractivity contribution >= 4 is 39.1 Å². The van der Waals surface area contributed by atoms with E-state index in [1.807, 2.05) is 0 Å². The summed E-state index contributed by atoms with van der Waals surface area (Å²) in [5, 5.41) is 0.278. The largest absolute Gasteiger partial charge is 0.331 e. The second-order valence-electron chi connectivity index (χ2n) is 4.33. The number of H-pyrrole nitrogens is 1. The molecule has 1 heterocycles. The van der Waals surface area contributed by atoms with Crippen molar-refractivity contribution in [2.75, 3.05) is 0 Å². The molecule has 0 aliphatic carbocycles. The fourth-order valence-corrected chi connectivity index (χ4v) is 2.74. The Balaban J connectivity index is 2.49. The highest BCUT2D eigenvalue weighted by Gasteiger charge is 2.15. The van der Waals surface area contributed by atoms with E-state index in [0.29, 0.717) is 9.99 Å². The Morgan fingerprint density at radius 1 is 1.14 bits per heavy atom. The van der Waals surface area contributed by atoms with Gasteiger partial charge in [0.1, 0.15) is 17.3 Å². The topological polar surface area (TPSA) is 37.8 Å². The van der Waals surface area contributed by atoms with E-state index in [9.17, 15) is 13.6 Å². The van der Waals surface area contributed by atoms with Crippen molar-refractivity contribution in [1.29, 1.82) is 0 Å². The molecular weight excluding hydrogens is 362 g/mol. The fraction of sp³-hybridized carbons (Fsp3) is 0. The molecule has 3 rings (SSSR count). The van der Waals surface area contributed by atoms with Crippen LogP contribution in [0.2, 0.25) is 0 Å². The number of hydrogen-bond acceptors (Lipinski definition) is 2. The maximum atomic E-state index is 13.9. The molecule has 0 bridgehead atoms. The molecule has 0 spiro atoms. The quantitative estimate of drug-likeness (QED) is 0.657. The Hall–Kier alpha value is -1.86. The first-order valence-corrected chi connectivity index (χ1v) is 7.08. The SMILES string of the molecule is O=c1c2cc(Br)ccc2[nH]c(=S)n1-c1c(F)cccc1F. The molecule has 0 aliphatic rings. The number of nitrogens with zero attached hydrogens (tertiary/aromatic N) is 1. The van der Waals surface area contributed by atoms with Gasteiger partial charge in [0.15, 0.2) is 4.77 Å². The van der Waals surface area contributed by atoms with Crippen molar-refractivity contribution in [2.24, 2.45) is 0 Å². The Labute approximate surface area is 131 Å². The summed E-state index contributed by atoms with van der Waals surface area (Å²) in [6, 6.07) is 8.34. The molecule has 106 valence electrons. The van der Waals surface area contributed by atoms with Crippen LogP contribution < -0.4 is 5.56 Å². The van der Waals surface area contributed by atoms with Gasteiger partial charge in [-0.3, -0.25) is 4.79 Å². The molecule has 0 unspecified atom stereocenters. The normalized spacial score (nSPS) is 11.0. The molecular formula is C14H7BrF2N2OS. The molecule has 1 N–H and O–H groups in total. The lowest BCUT2D eigenvalue weighted by molar-refractivity contribution is 0.565. The van der Waals surface area contributed by atoms with Crippen LogP contribution in [0.25, 0.3) is 16.6 Å². The zero-order valence-electron chi connectivity index (χ0n) is 10.4. The number of para-hydroxylation sites is 1. The summed E-state index contributed by atoms with van der Waals surface area (Å²) < 4.78 is 29.2. The minimum Gasteiger partial charge on any atom is -0.331 e. The Kier molecular flexibility index (Phi) is 3.46. The summed E-state index contributed by atoms with van der Waals surface area (Å²) in [5.74, 6) is -1.71. The fourth-order valence-electron chi connectivity index (χ4n) is 2.09. The van der Waals surface area contributed by atoms with E-state index in [4.69, 9.17) is 12.2 Å². The van der Waals surface area contributed by atoms with Crippen molar-refractivity contribution in [1.82, 2.24) is 9.55 Å². The van der Waals surface area contributed by atoms with E-state index < -0.39 is 22.9 Å². The first-order chi connectivity index (χ1) is 9.99. The monoisotopic (exact) mass is 368 g/mol. The van der Waals surface area contributed by atoms with Crippen LogP contribution in [0.3, 0.4) is 0 Å². The number of benzene rings is 2. The summed E-state index contributed by atoms with van der Waals surface area (Å²) in [5.41, 5.74) is -0.564. The number of aromatic nitrogens is 2. The average molecular weight is 369 g/mol. The maximum absolute atomic E-state index is 13.9. The number of fused-ring (bicyclic) bond motifs is 1. The molecule has 0 radical (unpaired) electrons. The number of nitrogens with one attached hydrogen (secondary N) is 1. The lowest BCUT2D eigenvalue weighted by atomic mass is 10.2. The van der Waals surface area contributed by atoms with Gasteiger partial charge in [0, 0.05) is 4.47 Å². The van der Waals surface area contributed by atoms with Gasteiger partial charge in [0.2, 0.25) is 0 Å². The average Bonchev–Trinajstić information content (AvgIpc) is 2.43. The first kappa shape index (κ1) is 14.1. The van der Waals surface area contributed by atoms with Gasteiger partial charge in [0.25, 0.3) is 5.56 Å². The predicted molar refractivity (Wildman–Crippen MR) is 82.3 cm³/mol. The van der Waals surface area contributed by atoms with E-state index in [2.05, 4.69) is 20.9 Å². The highest BCUT2D eigenvalue weighted by molar-refractivity contribution is 9.10. The van der Waals surface area contributed by atoms with Crippen molar-refractivity contribution in [3.8, 4) is 5.69 Å². The van der Waals surface area contributed by atoms with Crippen LogP contribution in [-0.4, -0.2) is 9.55 Å². The zero-order chi connectivity index (χ0) is 15.1. The van der Waals surface area contributed by atoms with Crippen LogP contribution in [-0.2, 0) is 0 Å². The second kappa shape index (κ2) is 5.16. The molecule has 0 fully saturated rings. The third kappa shape index (κ3) is 2.32. The molecule has 0 aliphatic heterocycles. The van der Waals surface area contributed by atoms with Gasteiger partial charge in [0.05, 0.1) is 10.9 Å². The highest BCUT2D eigenvalue weighted by Crippen LogP contribution is 2.19. The summed E-state index contributed by atoms with van der Waals surface area (Å²) in [7, 11) is 0. The number of halogens is 3. The summed E-state index contributed by atoms with van der Waals surface area (Å²) in [6.07, 6.45) is 0. The van der Waals surface area contributed by atoms with Crippen molar-refractivity contribution in [3.63, 3.8) is 0 Å². The van der Waals surface area contributed by atoms with Gasteiger partial charge in [-0.15, -0.1) is 0 Å². The van der Waals surface area contributed by atoms with E-state index in [0.717, 1.165) is 16.7 Å². The first-order valence-electron chi connectivity index (χ1n) is 5.88. The molecule has 3 aromatic rings. The standard InChI is InChI=1S/C14H7BrF2N2OS/c15-7-4-5-11-8(6-7)13(20)19(14(21)18-11)12-9(16)2-1-3-10(12)17/h1-6H,(H,18,21). The van der Waals surface area contributed by atoms with E-state index in [-0.39, 0.29) is 10.2 Å². The van der Waals surface area contributed by atoms with E-state index in [1.54, 1.807) is 18.2 Å². The highest BCUT2D eigenvalue weighted by atomic mass is 79.9. The second-order valence-corrected chi connectivity index (χ2v) is 5.63. The van der Waals surface area contributed by atoms with E-state index in [1.165, 1.54) is 6.07 Å². The van der Waals surface area contributed by atoms with Gasteiger partial charge in [-0.25, -0.2) is 13.3 Å². The molecule has 2 aromatic carbocycles. The minimum absolute atomic E-state index is 0.0705. The Morgan fingerprint density at radius 2 is 1.81 bits per heavy atom. The Morgan fingerprint density at radius 3 is 2.48 bits per heavy atom.